The van der Waals surface area contributed by atoms with Crippen molar-refractivity contribution in [3.63, 3.8) is 0 Å². The van der Waals surface area contributed by atoms with Gasteiger partial charge in [0, 0.05) is 0 Å². The van der Waals surface area contributed by atoms with Gasteiger partial charge in [0.25, 0.3) is 0 Å². The van der Waals surface area contributed by atoms with E-state index in [-0.39, 0.29) is 6.61 Å². The highest BCUT2D eigenvalue weighted by Crippen LogP contribution is 2.15. The van der Waals surface area contributed by atoms with E-state index in [0.717, 1.165) is 12.2 Å². The summed E-state index contributed by atoms with van der Waals surface area (Å²) >= 11 is 0. The van der Waals surface area contributed by atoms with Crippen LogP contribution in [0.2, 0.25) is 0 Å². The predicted molar refractivity (Wildman–Crippen MR) is 77.2 cm³/mol. The zero-order chi connectivity index (χ0) is 14.3. The van der Waals surface area contributed by atoms with Crippen LogP contribution in [0, 0.1) is 0 Å². The molecule has 4 nitrogen and oxygen atoms in total. The molecule has 0 aliphatic heterocycles. The van der Waals surface area contributed by atoms with Gasteiger partial charge in [-0.2, -0.15) is 0 Å². The number of hydrogen-bond acceptors (Lipinski definition) is 3. The zero-order valence-corrected chi connectivity index (χ0v) is 12.0. The summed E-state index contributed by atoms with van der Waals surface area (Å²) in [6, 6.07) is 7.99. The number of rotatable bonds is 8. The van der Waals surface area contributed by atoms with Crippen molar-refractivity contribution in [3.8, 4) is 5.75 Å². The molecule has 1 amide bonds. The van der Waals surface area contributed by atoms with Gasteiger partial charge in [0.2, 0.25) is 5.91 Å². The standard InChI is InChI=1S/C15H24N2O2/c1-4-5-6-12-7-9-13(10-8-12)19-11-15(2,17-3)14(16)18/h7-10,17H,4-6,11H2,1-3H3,(H2,16,18). The Hall–Kier alpha value is -1.55. The molecule has 0 bridgehead atoms. The van der Waals surface area contributed by atoms with Crippen LogP contribution in [0.25, 0.3) is 0 Å². The minimum absolute atomic E-state index is 0.215. The van der Waals surface area contributed by atoms with E-state index in [0.29, 0.717) is 0 Å². The summed E-state index contributed by atoms with van der Waals surface area (Å²) in [5.41, 5.74) is 5.80. The van der Waals surface area contributed by atoms with Crippen molar-refractivity contribution in [1.82, 2.24) is 5.32 Å². The van der Waals surface area contributed by atoms with Crippen molar-refractivity contribution in [2.45, 2.75) is 38.6 Å². The fourth-order valence-corrected chi connectivity index (χ4v) is 1.63. The molecule has 1 aromatic carbocycles. The number of unbranched alkanes of at least 4 members (excludes halogenated alkanes) is 1. The molecule has 4 heteroatoms. The van der Waals surface area contributed by atoms with E-state index in [1.807, 2.05) is 12.1 Å². The minimum atomic E-state index is -0.846. The second-order valence-electron chi connectivity index (χ2n) is 4.98. The molecule has 1 rings (SSSR count). The van der Waals surface area contributed by atoms with Crippen molar-refractivity contribution in [2.75, 3.05) is 13.7 Å². The Morgan fingerprint density at radius 1 is 1.37 bits per heavy atom. The number of hydrogen-bond donors (Lipinski definition) is 2. The number of aryl methyl sites for hydroxylation is 1. The monoisotopic (exact) mass is 264 g/mol. The molecule has 1 aromatic rings. The molecule has 0 saturated heterocycles. The molecule has 19 heavy (non-hydrogen) atoms. The Morgan fingerprint density at radius 3 is 2.47 bits per heavy atom. The Morgan fingerprint density at radius 2 is 2.00 bits per heavy atom. The molecule has 3 N–H and O–H groups in total. The van der Waals surface area contributed by atoms with E-state index in [4.69, 9.17) is 10.5 Å². The predicted octanol–water partition coefficient (Wildman–Crippen LogP) is 1.87. The van der Waals surface area contributed by atoms with E-state index < -0.39 is 11.4 Å². The quantitative estimate of drug-likeness (QED) is 0.753. The molecular weight excluding hydrogens is 240 g/mol. The van der Waals surface area contributed by atoms with Crippen LogP contribution in [-0.4, -0.2) is 25.1 Å². The van der Waals surface area contributed by atoms with Gasteiger partial charge in [0.05, 0.1) is 0 Å². The van der Waals surface area contributed by atoms with E-state index in [1.165, 1.54) is 18.4 Å². The van der Waals surface area contributed by atoms with Crippen LogP contribution in [0.15, 0.2) is 24.3 Å². The third-order valence-corrected chi connectivity index (χ3v) is 3.37. The molecule has 0 fully saturated rings. The van der Waals surface area contributed by atoms with Crippen LogP contribution in [0.1, 0.15) is 32.3 Å². The maximum Gasteiger partial charge on any atom is 0.240 e. The number of amides is 1. The van der Waals surface area contributed by atoms with Gasteiger partial charge in [-0.25, -0.2) is 0 Å². The maximum absolute atomic E-state index is 11.3. The Balaban J connectivity index is 2.56. The van der Waals surface area contributed by atoms with Crippen LogP contribution in [0.5, 0.6) is 5.75 Å². The van der Waals surface area contributed by atoms with Crippen LogP contribution in [-0.2, 0) is 11.2 Å². The smallest absolute Gasteiger partial charge is 0.240 e. The molecule has 0 aliphatic carbocycles. The first-order chi connectivity index (χ1) is 9.01. The summed E-state index contributed by atoms with van der Waals surface area (Å²) in [5, 5.41) is 2.89. The summed E-state index contributed by atoms with van der Waals surface area (Å²) in [4.78, 5) is 11.3. The first-order valence-electron chi connectivity index (χ1n) is 6.72. The number of likely N-dealkylation sites (N-methyl/N-ethyl adjacent to an activating group) is 1. The lowest BCUT2D eigenvalue weighted by Crippen LogP contribution is -2.55. The lowest BCUT2D eigenvalue weighted by molar-refractivity contribution is -0.124. The fraction of sp³-hybridized carbons (Fsp3) is 0.533. The Labute approximate surface area is 115 Å². The van der Waals surface area contributed by atoms with Gasteiger partial charge >= 0.3 is 0 Å². The molecule has 1 atom stereocenters. The van der Waals surface area contributed by atoms with Gasteiger partial charge in [-0.15, -0.1) is 0 Å². The molecular formula is C15H24N2O2. The number of primary amides is 1. The maximum atomic E-state index is 11.3. The number of carbonyl (C=O) groups is 1. The van der Waals surface area contributed by atoms with Crippen LogP contribution >= 0.6 is 0 Å². The second kappa shape index (κ2) is 7.14. The molecule has 0 heterocycles. The molecule has 0 aromatic heterocycles. The average molecular weight is 264 g/mol. The molecule has 0 saturated carbocycles. The lowest BCUT2D eigenvalue weighted by atomic mass is 10.0. The fourth-order valence-electron chi connectivity index (χ4n) is 1.63. The molecule has 106 valence electrons. The highest BCUT2D eigenvalue weighted by Gasteiger charge is 2.29. The number of carbonyl (C=O) groups excluding carboxylic acids is 1. The third-order valence-electron chi connectivity index (χ3n) is 3.37. The summed E-state index contributed by atoms with van der Waals surface area (Å²) < 4.78 is 5.62. The largest absolute Gasteiger partial charge is 0.491 e. The zero-order valence-electron chi connectivity index (χ0n) is 12.0. The number of benzene rings is 1. The van der Waals surface area contributed by atoms with Crippen LogP contribution < -0.4 is 15.8 Å². The number of nitrogens with two attached hydrogens (primary N) is 1. The van der Waals surface area contributed by atoms with E-state index in [1.54, 1.807) is 14.0 Å². The van der Waals surface area contributed by atoms with Crippen molar-refractivity contribution >= 4 is 5.91 Å². The minimum Gasteiger partial charge on any atom is -0.491 e. The van der Waals surface area contributed by atoms with Gasteiger partial charge in [-0.3, -0.25) is 4.79 Å². The third kappa shape index (κ3) is 4.56. The SMILES string of the molecule is CCCCc1ccc(OCC(C)(NC)C(N)=O)cc1. The Bertz CT molecular complexity index is 403. The molecule has 0 radical (unpaired) electrons. The molecule has 0 spiro atoms. The normalized spacial score (nSPS) is 13.8. The first-order valence-corrected chi connectivity index (χ1v) is 6.72. The Kier molecular flexibility index (Phi) is 5.83. The van der Waals surface area contributed by atoms with Crippen molar-refractivity contribution < 1.29 is 9.53 Å². The highest BCUT2D eigenvalue weighted by molar-refractivity contribution is 5.84. The van der Waals surface area contributed by atoms with E-state index in [9.17, 15) is 4.79 Å². The van der Waals surface area contributed by atoms with Gasteiger partial charge in [-0.05, 0) is 44.5 Å². The average Bonchev–Trinajstić information content (AvgIpc) is 2.43. The van der Waals surface area contributed by atoms with Gasteiger partial charge in [-0.1, -0.05) is 25.5 Å². The lowest BCUT2D eigenvalue weighted by Gasteiger charge is -2.25. The van der Waals surface area contributed by atoms with Crippen molar-refractivity contribution in [3.05, 3.63) is 29.8 Å². The second-order valence-corrected chi connectivity index (χ2v) is 4.98. The van der Waals surface area contributed by atoms with E-state index >= 15 is 0 Å². The molecule has 0 aliphatic rings. The van der Waals surface area contributed by atoms with Gasteiger partial charge in [0.1, 0.15) is 17.9 Å². The summed E-state index contributed by atoms with van der Waals surface area (Å²) in [7, 11) is 1.70. The summed E-state index contributed by atoms with van der Waals surface area (Å²) in [6.07, 6.45) is 3.48. The molecule has 1 unspecified atom stereocenters. The van der Waals surface area contributed by atoms with Crippen LogP contribution in [0.3, 0.4) is 0 Å². The first kappa shape index (κ1) is 15.5. The summed E-state index contributed by atoms with van der Waals surface area (Å²) in [6.45, 7) is 4.12. The van der Waals surface area contributed by atoms with Crippen molar-refractivity contribution in [2.24, 2.45) is 5.73 Å². The van der Waals surface area contributed by atoms with E-state index in [2.05, 4.69) is 24.4 Å². The van der Waals surface area contributed by atoms with Gasteiger partial charge < -0.3 is 15.8 Å². The summed E-state index contributed by atoms with van der Waals surface area (Å²) in [5.74, 6) is 0.331. The van der Waals surface area contributed by atoms with Crippen LogP contribution in [0.4, 0.5) is 0 Å². The highest BCUT2D eigenvalue weighted by atomic mass is 16.5. The topological polar surface area (TPSA) is 64.3 Å². The van der Waals surface area contributed by atoms with Gasteiger partial charge in [0.15, 0.2) is 0 Å². The number of ether oxygens (including phenoxy) is 1. The van der Waals surface area contributed by atoms with Crippen molar-refractivity contribution in [1.29, 1.82) is 0 Å². The number of nitrogens with one attached hydrogen (secondary N) is 1.